The van der Waals surface area contributed by atoms with E-state index in [0.717, 1.165) is 18.4 Å². The van der Waals surface area contributed by atoms with Crippen LogP contribution in [0.4, 0.5) is 0 Å². The van der Waals surface area contributed by atoms with Gasteiger partial charge in [0, 0.05) is 30.9 Å². The number of nitrogens with one attached hydrogen (secondary N) is 2. The van der Waals surface area contributed by atoms with Crippen LogP contribution in [0.1, 0.15) is 39.2 Å². The number of aromatic amines is 1. The van der Waals surface area contributed by atoms with E-state index >= 15 is 0 Å². The van der Waals surface area contributed by atoms with Gasteiger partial charge in [0.05, 0.1) is 6.04 Å². The molecule has 5 nitrogen and oxygen atoms in total. The average Bonchev–Trinajstić information content (AvgIpc) is 2.76. The lowest BCUT2D eigenvalue weighted by atomic mass is 10.2. The number of rotatable bonds is 4. The highest BCUT2D eigenvalue weighted by Gasteiger charge is 2.34. The van der Waals surface area contributed by atoms with Crippen LogP contribution >= 0.6 is 0 Å². The fraction of sp³-hybridized carbons (Fsp3) is 0.600. The van der Waals surface area contributed by atoms with Gasteiger partial charge in [0.2, 0.25) is 11.5 Å². The number of H-pyrrole nitrogens is 1. The fourth-order valence-corrected chi connectivity index (χ4v) is 3.00. The van der Waals surface area contributed by atoms with Crippen LogP contribution in [0, 0.1) is 0 Å². The smallest absolute Gasteiger partial charge is 0.247 e. The molecule has 1 aliphatic rings. The number of hydrogen-bond acceptors (Lipinski definition) is 3. The van der Waals surface area contributed by atoms with E-state index in [1.54, 1.807) is 12.3 Å². The monoisotopic (exact) mass is 277 g/mol. The third-order valence-electron chi connectivity index (χ3n) is 4.16. The van der Waals surface area contributed by atoms with Crippen molar-refractivity contribution in [1.82, 2.24) is 15.2 Å². The molecule has 1 aromatic heterocycles. The van der Waals surface area contributed by atoms with Crippen molar-refractivity contribution in [2.24, 2.45) is 0 Å². The quantitative estimate of drug-likeness (QED) is 0.870. The molecule has 1 fully saturated rings. The summed E-state index contributed by atoms with van der Waals surface area (Å²) >= 11 is 0. The van der Waals surface area contributed by atoms with E-state index in [2.05, 4.69) is 29.0 Å². The zero-order valence-corrected chi connectivity index (χ0v) is 12.3. The van der Waals surface area contributed by atoms with Gasteiger partial charge in [-0.1, -0.05) is 6.07 Å². The lowest BCUT2D eigenvalue weighted by Crippen LogP contribution is -2.48. The number of carbonyl (C=O) groups excluding carboxylic acids is 1. The normalized spacial score (nSPS) is 24.6. The molecule has 0 unspecified atom stereocenters. The van der Waals surface area contributed by atoms with E-state index in [1.807, 2.05) is 6.92 Å². The predicted octanol–water partition coefficient (Wildman–Crippen LogP) is 1.25. The number of aromatic nitrogens is 1. The maximum atomic E-state index is 12.2. The number of carbonyl (C=O) groups is 1. The van der Waals surface area contributed by atoms with Crippen LogP contribution < -0.4 is 10.9 Å². The summed E-state index contributed by atoms with van der Waals surface area (Å²) in [6, 6.07) is 3.99. The van der Waals surface area contributed by atoms with Gasteiger partial charge in [-0.25, -0.2) is 0 Å². The van der Waals surface area contributed by atoms with Crippen molar-refractivity contribution in [3.8, 4) is 0 Å². The van der Waals surface area contributed by atoms with Crippen molar-refractivity contribution >= 4 is 5.91 Å². The van der Waals surface area contributed by atoms with Crippen LogP contribution in [0.25, 0.3) is 0 Å². The Kier molecular flexibility index (Phi) is 4.60. The number of likely N-dealkylation sites (tertiary alicyclic amines) is 1. The van der Waals surface area contributed by atoms with Crippen LogP contribution in [-0.2, 0) is 11.3 Å². The molecule has 0 aliphatic carbocycles. The molecule has 1 aromatic rings. The van der Waals surface area contributed by atoms with Crippen LogP contribution in [0.5, 0.6) is 0 Å². The summed E-state index contributed by atoms with van der Waals surface area (Å²) in [7, 11) is 0. The Labute approximate surface area is 119 Å². The fourth-order valence-electron chi connectivity index (χ4n) is 3.00. The van der Waals surface area contributed by atoms with Gasteiger partial charge >= 0.3 is 0 Å². The zero-order chi connectivity index (χ0) is 14.7. The van der Waals surface area contributed by atoms with Crippen LogP contribution in [0.3, 0.4) is 0 Å². The van der Waals surface area contributed by atoms with Gasteiger partial charge in [-0.05, 0) is 39.2 Å². The van der Waals surface area contributed by atoms with Crippen LogP contribution in [0.2, 0.25) is 0 Å². The first-order valence-electron chi connectivity index (χ1n) is 7.22. The largest absolute Gasteiger partial charge is 0.351 e. The first kappa shape index (κ1) is 14.8. The summed E-state index contributed by atoms with van der Waals surface area (Å²) in [4.78, 5) is 28.1. The minimum atomic E-state index is -0.131. The molecule has 20 heavy (non-hydrogen) atoms. The third kappa shape index (κ3) is 3.28. The molecule has 2 heterocycles. The molecular formula is C15H23N3O2. The Morgan fingerprint density at radius 3 is 2.60 bits per heavy atom. The number of pyridine rings is 1. The van der Waals surface area contributed by atoms with Crippen molar-refractivity contribution in [1.29, 1.82) is 0 Å². The van der Waals surface area contributed by atoms with Gasteiger partial charge in [-0.15, -0.1) is 0 Å². The molecule has 0 aromatic carbocycles. The Morgan fingerprint density at radius 2 is 2.05 bits per heavy atom. The Bertz CT molecular complexity index is 496. The van der Waals surface area contributed by atoms with Crippen molar-refractivity contribution in [3.63, 3.8) is 0 Å². The van der Waals surface area contributed by atoms with E-state index in [0.29, 0.717) is 18.6 Å². The Hall–Kier alpha value is -1.62. The number of amides is 1. The second kappa shape index (κ2) is 6.22. The molecule has 5 heteroatoms. The molecule has 2 rings (SSSR count). The lowest BCUT2D eigenvalue weighted by molar-refractivity contribution is -0.127. The van der Waals surface area contributed by atoms with E-state index < -0.39 is 0 Å². The first-order valence-corrected chi connectivity index (χ1v) is 7.22. The predicted molar refractivity (Wildman–Crippen MR) is 78.4 cm³/mol. The average molecular weight is 277 g/mol. The SMILES string of the molecule is C[C@@H]1CC[C@@H](C)N1[C@H](C)C(=O)NCc1ccc(=O)[nH]c1. The highest BCUT2D eigenvalue weighted by atomic mass is 16.2. The summed E-state index contributed by atoms with van der Waals surface area (Å²) in [6.07, 6.45) is 3.94. The second-order valence-corrected chi connectivity index (χ2v) is 5.68. The first-order chi connectivity index (χ1) is 9.49. The maximum absolute atomic E-state index is 12.2. The topological polar surface area (TPSA) is 65.2 Å². The lowest BCUT2D eigenvalue weighted by Gasteiger charge is -2.31. The maximum Gasteiger partial charge on any atom is 0.247 e. The molecule has 3 atom stereocenters. The Balaban J connectivity index is 1.91. The minimum Gasteiger partial charge on any atom is -0.351 e. The summed E-state index contributed by atoms with van der Waals surface area (Å²) in [5.41, 5.74) is 0.765. The van der Waals surface area contributed by atoms with E-state index in [4.69, 9.17) is 0 Å². The zero-order valence-electron chi connectivity index (χ0n) is 12.3. The molecule has 0 spiro atoms. The summed E-state index contributed by atoms with van der Waals surface area (Å²) in [5, 5.41) is 2.93. The molecule has 0 bridgehead atoms. The van der Waals surface area contributed by atoms with Crippen molar-refractivity contribution in [3.05, 3.63) is 34.2 Å². The minimum absolute atomic E-state index is 0.0387. The third-order valence-corrected chi connectivity index (χ3v) is 4.16. The van der Waals surface area contributed by atoms with Gasteiger partial charge in [0.25, 0.3) is 0 Å². The van der Waals surface area contributed by atoms with Crippen molar-refractivity contribution < 1.29 is 4.79 Å². The molecule has 1 aliphatic heterocycles. The Morgan fingerprint density at radius 1 is 1.40 bits per heavy atom. The molecule has 110 valence electrons. The molecule has 1 saturated heterocycles. The van der Waals surface area contributed by atoms with E-state index in [9.17, 15) is 9.59 Å². The molecule has 0 saturated carbocycles. The van der Waals surface area contributed by atoms with Crippen LogP contribution in [-0.4, -0.2) is 33.9 Å². The highest BCUT2D eigenvalue weighted by molar-refractivity contribution is 5.81. The molecule has 0 radical (unpaired) electrons. The van der Waals surface area contributed by atoms with Gasteiger partial charge in [-0.2, -0.15) is 0 Å². The summed E-state index contributed by atoms with van der Waals surface area (Å²) < 4.78 is 0. The van der Waals surface area contributed by atoms with Crippen molar-refractivity contribution in [2.45, 2.75) is 58.3 Å². The second-order valence-electron chi connectivity index (χ2n) is 5.68. The number of hydrogen-bond donors (Lipinski definition) is 2. The van der Waals surface area contributed by atoms with Gasteiger partial charge in [0.1, 0.15) is 0 Å². The van der Waals surface area contributed by atoms with Gasteiger partial charge < -0.3 is 10.3 Å². The van der Waals surface area contributed by atoms with E-state index in [-0.39, 0.29) is 17.5 Å². The standard InChI is InChI=1S/C15H23N3O2/c1-10-4-5-11(2)18(10)12(3)15(20)17-9-13-6-7-14(19)16-8-13/h6-8,10-12H,4-5,9H2,1-3H3,(H,16,19)(H,17,20)/t10-,11-,12-/m1/s1. The van der Waals surface area contributed by atoms with Gasteiger partial charge in [0.15, 0.2) is 0 Å². The molecular weight excluding hydrogens is 254 g/mol. The highest BCUT2D eigenvalue weighted by Crippen LogP contribution is 2.25. The summed E-state index contributed by atoms with van der Waals surface area (Å²) in [5.74, 6) is 0.0387. The van der Waals surface area contributed by atoms with Gasteiger partial charge in [-0.3, -0.25) is 14.5 Å². The molecule has 2 N–H and O–H groups in total. The number of nitrogens with zero attached hydrogens (tertiary/aromatic N) is 1. The van der Waals surface area contributed by atoms with Crippen LogP contribution in [0.15, 0.2) is 23.1 Å². The summed E-state index contributed by atoms with van der Waals surface area (Å²) in [6.45, 7) is 6.75. The van der Waals surface area contributed by atoms with E-state index in [1.165, 1.54) is 6.07 Å². The molecule has 1 amide bonds. The van der Waals surface area contributed by atoms with Crippen molar-refractivity contribution in [2.75, 3.05) is 0 Å².